The van der Waals surface area contributed by atoms with Crippen molar-refractivity contribution in [2.75, 3.05) is 51.3 Å². The minimum Gasteiger partial charge on any atom is -0.341 e. The van der Waals surface area contributed by atoms with Crippen LogP contribution in [0.1, 0.15) is 24.6 Å². The van der Waals surface area contributed by atoms with Crippen LogP contribution in [0.5, 0.6) is 0 Å². The van der Waals surface area contributed by atoms with Gasteiger partial charge in [-0.1, -0.05) is 0 Å². The molecule has 3 rings (SSSR count). The predicted molar refractivity (Wildman–Crippen MR) is 104 cm³/mol. The molecule has 0 aliphatic carbocycles. The standard InChI is InChI=1S/C18H31N5O3S/c1-4-23-12-16(15(2)19-23)11-21-6-8-22(9-7-21)13-18(24)20(3)17-5-10-27(25,26)14-17/h12,17H,4-11,13-14H2,1-3H3/t17-/m0/s1. The predicted octanol–water partition coefficient (Wildman–Crippen LogP) is -0.0255. The molecule has 0 N–H and O–H groups in total. The third kappa shape index (κ3) is 5.08. The maximum atomic E-state index is 12.5. The van der Waals surface area contributed by atoms with E-state index in [1.165, 1.54) is 5.56 Å². The molecule has 0 radical (unpaired) electrons. The van der Waals surface area contributed by atoms with E-state index in [-0.39, 0.29) is 23.5 Å². The van der Waals surface area contributed by atoms with Gasteiger partial charge in [0.2, 0.25) is 5.91 Å². The van der Waals surface area contributed by atoms with Gasteiger partial charge in [0.05, 0.1) is 23.7 Å². The zero-order valence-corrected chi connectivity index (χ0v) is 17.4. The molecule has 2 fully saturated rings. The number of likely N-dealkylation sites (N-methyl/N-ethyl adjacent to an activating group) is 1. The van der Waals surface area contributed by atoms with Gasteiger partial charge >= 0.3 is 0 Å². The van der Waals surface area contributed by atoms with E-state index in [4.69, 9.17) is 0 Å². The summed E-state index contributed by atoms with van der Waals surface area (Å²) >= 11 is 0. The molecular formula is C18H31N5O3S. The van der Waals surface area contributed by atoms with Gasteiger partial charge in [-0.25, -0.2) is 8.42 Å². The summed E-state index contributed by atoms with van der Waals surface area (Å²) in [6.07, 6.45) is 2.68. The van der Waals surface area contributed by atoms with E-state index in [2.05, 4.69) is 34.9 Å². The van der Waals surface area contributed by atoms with Gasteiger partial charge in [0.1, 0.15) is 0 Å². The summed E-state index contributed by atoms with van der Waals surface area (Å²) in [6.45, 7) is 9.83. The van der Waals surface area contributed by atoms with E-state index in [1.807, 2.05) is 4.68 Å². The lowest BCUT2D eigenvalue weighted by molar-refractivity contribution is -0.133. The molecule has 2 saturated heterocycles. The molecule has 0 unspecified atom stereocenters. The highest BCUT2D eigenvalue weighted by Crippen LogP contribution is 2.17. The Kier molecular flexibility index (Phi) is 6.22. The van der Waals surface area contributed by atoms with Crippen molar-refractivity contribution < 1.29 is 13.2 Å². The number of carbonyl (C=O) groups excluding carboxylic acids is 1. The van der Waals surface area contributed by atoms with Gasteiger partial charge in [-0.15, -0.1) is 0 Å². The molecule has 27 heavy (non-hydrogen) atoms. The summed E-state index contributed by atoms with van der Waals surface area (Å²) in [5, 5.41) is 4.50. The van der Waals surface area contributed by atoms with Gasteiger partial charge < -0.3 is 4.90 Å². The van der Waals surface area contributed by atoms with E-state index in [1.54, 1.807) is 11.9 Å². The van der Waals surface area contributed by atoms with Crippen molar-refractivity contribution in [2.24, 2.45) is 0 Å². The van der Waals surface area contributed by atoms with Crippen LogP contribution in [0.25, 0.3) is 0 Å². The van der Waals surface area contributed by atoms with Gasteiger partial charge in [0, 0.05) is 64.1 Å². The quantitative estimate of drug-likeness (QED) is 0.671. The first-order valence-electron chi connectivity index (χ1n) is 9.71. The number of sulfone groups is 1. The van der Waals surface area contributed by atoms with Crippen molar-refractivity contribution in [1.29, 1.82) is 0 Å². The van der Waals surface area contributed by atoms with E-state index < -0.39 is 9.84 Å². The molecule has 3 heterocycles. The second kappa shape index (κ2) is 8.28. The fourth-order valence-electron chi connectivity index (χ4n) is 3.81. The van der Waals surface area contributed by atoms with Gasteiger partial charge in [-0.05, 0) is 20.3 Å². The molecule has 1 aromatic heterocycles. The van der Waals surface area contributed by atoms with Gasteiger partial charge in [0.25, 0.3) is 0 Å². The topological polar surface area (TPSA) is 78.8 Å². The minimum atomic E-state index is -2.97. The molecule has 0 bridgehead atoms. The second-order valence-corrected chi connectivity index (χ2v) is 9.94. The SMILES string of the molecule is CCn1cc(CN2CCN(CC(=O)N(C)[C@H]3CCS(=O)(=O)C3)CC2)c(C)n1. The summed E-state index contributed by atoms with van der Waals surface area (Å²) in [5.41, 5.74) is 2.35. The highest BCUT2D eigenvalue weighted by atomic mass is 32.2. The van der Waals surface area contributed by atoms with Crippen molar-refractivity contribution in [3.05, 3.63) is 17.5 Å². The smallest absolute Gasteiger partial charge is 0.236 e. The highest BCUT2D eigenvalue weighted by molar-refractivity contribution is 7.91. The van der Waals surface area contributed by atoms with Crippen molar-refractivity contribution in [3.63, 3.8) is 0 Å². The van der Waals surface area contributed by atoms with Crippen LogP contribution in [-0.4, -0.2) is 96.1 Å². The number of nitrogens with zero attached hydrogens (tertiary/aromatic N) is 5. The Morgan fingerprint density at radius 1 is 1.26 bits per heavy atom. The first-order chi connectivity index (χ1) is 12.8. The molecule has 0 aromatic carbocycles. The van der Waals surface area contributed by atoms with Crippen LogP contribution in [0.15, 0.2) is 6.20 Å². The Hall–Kier alpha value is -1.45. The Labute approximate surface area is 162 Å². The average Bonchev–Trinajstić information content (AvgIpc) is 3.17. The summed E-state index contributed by atoms with van der Waals surface area (Å²) in [4.78, 5) is 18.7. The molecule has 0 saturated carbocycles. The number of aryl methyl sites for hydroxylation is 2. The first-order valence-corrected chi connectivity index (χ1v) is 11.5. The lowest BCUT2D eigenvalue weighted by Gasteiger charge is -2.35. The lowest BCUT2D eigenvalue weighted by atomic mass is 10.2. The number of hydrogen-bond acceptors (Lipinski definition) is 6. The second-order valence-electron chi connectivity index (χ2n) is 7.71. The Morgan fingerprint density at radius 2 is 1.93 bits per heavy atom. The van der Waals surface area contributed by atoms with Crippen molar-refractivity contribution in [1.82, 2.24) is 24.5 Å². The maximum absolute atomic E-state index is 12.5. The number of piperazine rings is 1. The highest BCUT2D eigenvalue weighted by Gasteiger charge is 2.33. The number of amides is 1. The molecule has 152 valence electrons. The zero-order valence-electron chi connectivity index (χ0n) is 16.6. The third-order valence-corrected chi connectivity index (χ3v) is 7.49. The van der Waals surface area contributed by atoms with Gasteiger partial charge in [-0.2, -0.15) is 5.10 Å². The largest absolute Gasteiger partial charge is 0.341 e. The number of aromatic nitrogens is 2. The van der Waals surface area contributed by atoms with Crippen LogP contribution in [0, 0.1) is 6.92 Å². The van der Waals surface area contributed by atoms with E-state index >= 15 is 0 Å². The molecule has 1 amide bonds. The molecule has 2 aliphatic rings. The Balaban J connectivity index is 1.45. The summed E-state index contributed by atoms with van der Waals surface area (Å²) in [7, 11) is -1.23. The molecular weight excluding hydrogens is 366 g/mol. The molecule has 0 spiro atoms. The Bertz CT molecular complexity index is 768. The fraction of sp³-hybridized carbons (Fsp3) is 0.778. The number of rotatable bonds is 6. The van der Waals surface area contributed by atoms with Crippen LogP contribution in [0.2, 0.25) is 0 Å². The van der Waals surface area contributed by atoms with Crippen LogP contribution >= 0.6 is 0 Å². The lowest BCUT2D eigenvalue weighted by Crippen LogP contribution is -2.50. The normalized spacial score (nSPS) is 23.6. The Morgan fingerprint density at radius 3 is 2.48 bits per heavy atom. The van der Waals surface area contributed by atoms with Crippen LogP contribution in [-0.2, 0) is 27.7 Å². The van der Waals surface area contributed by atoms with E-state index in [0.29, 0.717) is 13.0 Å². The van der Waals surface area contributed by atoms with Crippen molar-refractivity contribution in [3.8, 4) is 0 Å². The molecule has 9 heteroatoms. The molecule has 1 atom stereocenters. The molecule has 2 aliphatic heterocycles. The molecule has 8 nitrogen and oxygen atoms in total. The summed E-state index contributed by atoms with van der Waals surface area (Å²) in [6, 6.07) is -0.165. The maximum Gasteiger partial charge on any atom is 0.236 e. The van der Waals surface area contributed by atoms with E-state index in [0.717, 1.165) is 45.0 Å². The van der Waals surface area contributed by atoms with E-state index in [9.17, 15) is 13.2 Å². The monoisotopic (exact) mass is 397 g/mol. The van der Waals surface area contributed by atoms with Crippen molar-refractivity contribution >= 4 is 15.7 Å². The van der Waals surface area contributed by atoms with Crippen LogP contribution in [0.4, 0.5) is 0 Å². The number of carbonyl (C=O) groups is 1. The molecule has 1 aromatic rings. The van der Waals surface area contributed by atoms with Gasteiger partial charge in [0.15, 0.2) is 9.84 Å². The number of hydrogen-bond donors (Lipinski definition) is 0. The minimum absolute atomic E-state index is 0.0191. The van der Waals surface area contributed by atoms with Crippen LogP contribution in [0.3, 0.4) is 0 Å². The summed E-state index contributed by atoms with van der Waals surface area (Å²) < 4.78 is 25.2. The first kappa shape index (κ1) is 20.3. The fourth-order valence-corrected chi connectivity index (χ4v) is 5.58. The third-order valence-electron chi connectivity index (χ3n) is 5.74. The summed E-state index contributed by atoms with van der Waals surface area (Å²) in [5.74, 6) is 0.320. The van der Waals surface area contributed by atoms with Crippen molar-refractivity contribution in [2.45, 2.75) is 39.4 Å². The van der Waals surface area contributed by atoms with Crippen LogP contribution < -0.4 is 0 Å². The zero-order chi connectivity index (χ0) is 19.6. The average molecular weight is 398 g/mol. The van der Waals surface area contributed by atoms with Gasteiger partial charge in [-0.3, -0.25) is 19.3 Å².